The summed E-state index contributed by atoms with van der Waals surface area (Å²) in [4.78, 5) is 0. The van der Waals surface area contributed by atoms with Crippen LogP contribution in [0, 0.1) is 19.3 Å². The lowest BCUT2D eigenvalue weighted by atomic mass is 10.1. The molecule has 1 rings (SSSR count). The fraction of sp³-hybridized carbons (Fsp3) is 0.467. The van der Waals surface area contributed by atoms with Gasteiger partial charge < -0.3 is 10.1 Å². The predicted octanol–water partition coefficient (Wildman–Crippen LogP) is 3.66. The monoisotopic (exact) mass is 309 g/mol. The third-order valence-electron chi connectivity index (χ3n) is 2.59. The van der Waals surface area contributed by atoms with E-state index in [2.05, 4.69) is 53.1 Å². The van der Waals surface area contributed by atoms with Crippen molar-refractivity contribution in [2.24, 2.45) is 0 Å². The van der Waals surface area contributed by atoms with E-state index < -0.39 is 0 Å². The molecule has 0 bridgehead atoms. The van der Waals surface area contributed by atoms with Crippen LogP contribution in [0.1, 0.15) is 30.9 Å². The zero-order chi connectivity index (χ0) is 13.4. The second-order valence-corrected chi connectivity index (χ2v) is 5.06. The van der Waals surface area contributed by atoms with Gasteiger partial charge in [-0.15, -0.1) is 12.3 Å². The van der Waals surface area contributed by atoms with Gasteiger partial charge in [0.1, 0.15) is 5.75 Å². The molecule has 0 aromatic heterocycles. The van der Waals surface area contributed by atoms with Crippen molar-refractivity contribution < 1.29 is 4.74 Å². The van der Waals surface area contributed by atoms with Crippen LogP contribution in [0.2, 0.25) is 0 Å². The second kappa shape index (κ2) is 8.18. The number of benzene rings is 1. The Morgan fingerprint density at radius 2 is 2.22 bits per heavy atom. The summed E-state index contributed by atoms with van der Waals surface area (Å²) < 4.78 is 6.95. The highest BCUT2D eigenvalue weighted by molar-refractivity contribution is 9.10. The van der Waals surface area contributed by atoms with E-state index in [9.17, 15) is 0 Å². The zero-order valence-electron chi connectivity index (χ0n) is 11.1. The first-order valence-corrected chi connectivity index (χ1v) is 7.04. The van der Waals surface area contributed by atoms with Crippen molar-refractivity contribution in [2.75, 3.05) is 13.2 Å². The van der Waals surface area contributed by atoms with Crippen molar-refractivity contribution in [3.63, 3.8) is 0 Å². The highest BCUT2D eigenvalue weighted by Gasteiger charge is 2.08. The van der Waals surface area contributed by atoms with Gasteiger partial charge in [-0.2, -0.15) is 0 Å². The van der Waals surface area contributed by atoms with Crippen molar-refractivity contribution >= 4 is 15.9 Å². The lowest BCUT2D eigenvalue weighted by Gasteiger charge is -2.15. The number of hydrogen-bond donors (Lipinski definition) is 1. The normalized spacial score (nSPS) is 10.1. The van der Waals surface area contributed by atoms with Gasteiger partial charge in [-0.1, -0.05) is 22.9 Å². The Morgan fingerprint density at radius 3 is 2.89 bits per heavy atom. The number of terminal acetylenes is 1. The summed E-state index contributed by atoms with van der Waals surface area (Å²) in [6.07, 6.45) is 6.89. The van der Waals surface area contributed by atoms with E-state index in [0.717, 1.165) is 41.7 Å². The number of ether oxygens (including phenoxy) is 1. The molecule has 98 valence electrons. The van der Waals surface area contributed by atoms with Crippen LogP contribution in [0.4, 0.5) is 0 Å². The molecule has 0 aliphatic heterocycles. The minimum absolute atomic E-state index is 0.672. The topological polar surface area (TPSA) is 21.3 Å². The number of unbranched alkanes of at least 4 members (excludes halogenated alkanes) is 1. The predicted molar refractivity (Wildman–Crippen MR) is 79.8 cm³/mol. The highest BCUT2D eigenvalue weighted by atomic mass is 79.9. The van der Waals surface area contributed by atoms with Crippen LogP contribution in [0.15, 0.2) is 16.6 Å². The maximum Gasteiger partial charge on any atom is 0.126 e. The molecular formula is C15H20BrNO. The molecule has 1 aromatic carbocycles. The van der Waals surface area contributed by atoms with E-state index in [-0.39, 0.29) is 0 Å². The molecule has 0 aliphatic carbocycles. The highest BCUT2D eigenvalue weighted by Crippen LogP contribution is 2.28. The van der Waals surface area contributed by atoms with Crippen molar-refractivity contribution in [1.29, 1.82) is 0 Å². The number of aryl methyl sites for hydroxylation is 1. The van der Waals surface area contributed by atoms with Gasteiger partial charge in [0.15, 0.2) is 0 Å². The van der Waals surface area contributed by atoms with Crippen LogP contribution in [0.5, 0.6) is 5.75 Å². The summed E-state index contributed by atoms with van der Waals surface area (Å²) in [7, 11) is 0. The molecule has 2 nitrogen and oxygen atoms in total. The van der Waals surface area contributed by atoms with Gasteiger partial charge in [0.2, 0.25) is 0 Å². The Bertz CT molecular complexity index is 423. The van der Waals surface area contributed by atoms with E-state index >= 15 is 0 Å². The third kappa shape index (κ3) is 4.72. The number of hydrogen-bond acceptors (Lipinski definition) is 2. The molecule has 3 heteroatoms. The molecule has 1 N–H and O–H groups in total. The first-order chi connectivity index (χ1) is 8.69. The lowest BCUT2D eigenvalue weighted by Crippen LogP contribution is -2.13. The van der Waals surface area contributed by atoms with E-state index in [1.807, 2.05) is 0 Å². The summed E-state index contributed by atoms with van der Waals surface area (Å²) in [5.41, 5.74) is 2.34. The van der Waals surface area contributed by atoms with Crippen LogP contribution in [0.25, 0.3) is 0 Å². The van der Waals surface area contributed by atoms with Crippen molar-refractivity contribution in [3.8, 4) is 18.1 Å². The van der Waals surface area contributed by atoms with E-state index in [1.54, 1.807) is 0 Å². The number of nitrogens with one attached hydrogen (secondary N) is 1. The van der Waals surface area contributed by atoms with E-state index in [0.29, 0.717) is 6.61 Å². The Hall–Kier alpha value is -0.980. The van der Waals surface area contributed by atoms with Crippen LogP contribution >= 0.6 is 15.9 Å². The van der Waals surface area contributed by atoms with Gasteiger partial charge in [0, 0.05) is 23.0 Å². The summed E-state index contributed by atoms with van der Waals surface area (Å²) in [5, 5.41) is 3.33. The van der Waals surface area contributed by atoms with Gasteiger partial charge >= 0.3 is 0 Å². The summed E-state index contributed by atoms with van der Waals surface area (Å²) >= 11 is 3.52. The second-order valence-electron chi connectivity index (χ2n) is 4.15. The molecule has 0 saturated heterocycles. The van der Waals surface area contributed by atoms with Crippen molar-refractivity contribution in [3.05, 3.63) is 27.7 Å². The van der Waals surface area contributed by atoms with Gasteiger partial charge in [-0.3, -0.25) is 0 Å². The van der Waals surface area contributed by atoms with E-state index in [4.69, 9.17) is 11.2 Å². The molecule has 1 aromatic rings. The summed E-state index contributed by atoms with van der Waals surface area (Å²) in [6, 6.07) is 4.18. The Balaban J connectivity index is 2.76. The average Bonchev–Trinajstić information content (AvgIpc) is 2.34. The van der Waals surface area contributed by atoms with Gasteiger partial charge in [-0.25, -0.2) is 0 Å². The SMILES string of the molecule is C#CCCCOc1c(C)cc(Br)cc1CNCC. The molecule has 0 spiro atoms. The van der Waals surface area contributed by atoms with E-state index in [1.165, 1.54) is 5.56 Å². The molecule has 0 radical (unpaired) electrons. The van der Waals surface area contributed by atoms with Gasteiger partial charge in [0.05, 0.1) is 6.61 Å². The molecule has 0 amide bonds. The third-order valence-corrected chi connectivity index (χ3v) is 3.05. The fourth-order valence-electron chi connectivity index (χ4n) is 1.75. The minimum atomic E-state index is 0.672. The number of halogens is 1. The molecule has 18 heavy (non-hydrogen) atoms. The summed E-state index contributed by atoms with van der Waals surface area (Å²) in [6.45, 7) is 6.60. The maximum absolute atomic E-state index is 5.87. The molecule has 0 aliphatic rings. The molecule has 0 heterocycles. The molecule has 0 unspecified atom stereocenters. The lowest BCUT2D eigenvalue weighted by molar-refractivity contribution is 0.307. The quantitative estimate of drug-likeness (QED) is 0.613. The smallest absolute Gasteiger partial charge is 0.126 e. The largest absolute Gasteiger partial charge is 0.493 e. The summed E-state index contributed by atoms with van der Waals surface area (Å²) in [5.74, 6) is 3.61. The Labute approximate surface area is 118 Å². The van der Waals surface area contributed by atoms with Gasteiger partial charge in [0.25, 0.3) is 0 Å². The van der Waals surface area contributed by atoms with Crippen molar-refractivity contribution in [2.45, 2.75) is 33.2 Å². The first-order valence-electron chi connectivity index (χ1n) is 6.25. The average molecular weight is 310 g/mol. The standard InChI is InChI=1S/C15H20BrNO/c1-4-6-7-8-18-15-12(3)9-14(16)10-13(15)11-17-5-2/h1,9-10,17H,5-8,11H2,2-3H3. The first kappa shape index (κ1) is 15.1. The minimum Gasteiger partial charge on any atom is -0.493 e. The Morgan fingerprint density at radius 1 is 1.44 bits per heavy atom. The maximum atomic E-state index is 5.87. The van der Waals surface area contributed by atoms with Crippen LogP contribution in [0.3, 0.4) is 0 Å². The fourth-order valence-corrected chi connectivity index (χ4v) is 2.36. The number of rotatable bonds is 7. The molecule has 0 fully saturated rings. The molecular weight excluding hydrogens is 290 g/mol. The van der Waals surface area contributed by atoms with Crippen LogP contribution < -0.4 is 10.1 Å². The Kier molecular flexibility index (Phi) is 6.85. The van der Waals surface area contributed by atoms with Crippen molar-refractivity contribution in [1.82, 2.24) is 5.32 Å². The molecule has 0 atom stereocenters. The van der Waals surface area contributed by atoms with Gasteiger partial charge in [-0.05, 0) is 37.6 Å². The molecule has 0 saturated carbocycles. The zero-order valence-corrected chi connectivity index (χ0v) is 12.6. The van der Waals surface area contributed by atoms with Crippen LogP contribution in [-0.2, 0) is 6.54 Å². The van der Waals surface area contributed by atoms with Crippen LogP contribution in [-0.4, -0.2) is 13.2 Å².